The molecule has 1 saturated heterocycles. The monoisotopic (exact) mass is 423 g/mol. The van der Waals surface area contributed by atoms with E-state index in [1.165, 1.54) is 0 Å². The maximum Gasteiger partial charge on any atom is 0.340 e. The van der Waals surface area contributed by atoms with Crippen LogP contribution in [-0.4, -0.2) is 42.0 Å². The number of nitrogens with one attached hydrogen (secondary N) is 2. The average Bonchev–Trinajstić information content (AvgIpc) is 3.14. The maximum atomic E-state index is 12.6. The fraction of sp³-hybridized carbons (Fsp3) is 0.375. The van der Waals surface area contributed by atoms with Gasteiger partial charge in [-0.3, -0.25) is 4.79 Å². The van der Waals surface area contributed by atoms with Gasteiger partial charge in [0.05, 0.1) is 29.9 Å². The van der Waals surface area contributed by atoms with Crippen LogP contribution >= 0.6 is 0 Å². The predicted octanol–water partition coefficient (Wildman–Crippen LogP) is 4.13. The third kappa shape index (κ3) is 5.84. The van der Waals surface area contributed by atoms with Crippen LogP contribution in [0.5, 0.6) is 0 Å². The van der Waals surface area contributed by atoms with E-state index in [1.54, 1.807) is 29.2 Å². The number of hydrogen-bond acceptors (Lipinski definition) is 4. The lowest BCUT2D eigenvalue weighted by molar-refractivity contribution is -0.129. The van der Waals surface area contributed by atoms with Crippen LogP contribution in [0, 0.1) is 0 Å². The highest BCUT2D eigenvalue weighted by atomic mass is 16.5. The number of carbonyl (C=O) groups excluding carboxylic acids is 3. The van der Waals surface area contributed by atoms with Gasteiger partial charge >= 0.3 is 12.0 Å². The number of nitrogens with zero attached hydrogens (tertiary/aromatic N) is 1. The summed E-state index contributed by atoms with van der Waals surface area (Å²) < 4.78 is 5.26. The number of unbranched alkanes of at least 4 members (excludes halogenated alkanes) is 1. The molecule has 2 N–H and O–H groups in total. The molecule has 1 fully saturated rings. The lowest BCUT2D eigenvalue weighted by atomic mass is 10.1. The Labute approximate surface area is 182 Å². The molecule has 7 heteroatoms. The average molecular weight is 424 g/mol. The minimum Gasteiger partial charge on any atom is -0.462 e. The van der Waals surface area contributed by atoms with Crippen LogP contribution in [0.3, 0.4) is 0 Å². The first-order chi connectivity index (χ1) is 15.0. The summed E-state index contributed by atoms with van der Waals surface area (Å²) >= 11 is 0. The van der Waals surface area contributed by atoms with Crippen molar-refractivity contribution in [3.05, 3.63) is 65.7 Å². The Morgan fingerprint density at radius 2 is 1.84 bits per heavy atom. The molecule has 1 aliphatic heterocycles. The first-order valence-corrected chi connectivity index (χ1v) is 10.7. The van der Waals surface area contributed by atoms with Crippen molar-refractivity contribution >= 4 is 23.6 Å². The Kier molecular flexibility index (Phi) is 7.65. The zero-order chi connectivity index (χ0) is 22.2. The summed E-state index contributed by atoms with van der Waals surface area (Å²) in [5.41, 5.74) is 1.73. The van der Waals surface area contributed by atoms with Crippen LogP contribution in [0.1, 0.15) is 55.1 Å². The van der Waals surface area contributed by atoms with Crippen LogP contribution in [0.4, 0.5) is 10.5 Å². The van der Waals surface area contributed by atoms with E-state index in [9.17, 15) is 14.4 Å². The number of benzene rings is 2. The SMILES string of the molecule is CCCCOC(=O)c1ccccc1NC(=O)NC1CC(=O)N(C(C)c2ccccc2)C1. The van der Waals surface area contributed by atoms with Gasteiger partial charge in [-0.2, -0.15) is 0 Å². The number of esters is 1. The zero-order valence-electron chi connectivity index (χ0n) is 18.0. The summed E-state index contributed by atoms with van der Waals surface area (Å²) in [7, 11) is 0. The van der Waals surface area contributed by atoms with Crippen molar-refractivity contribution < 1.29 is 19.1 Å². The third-order valence-electron chi connectivity index (χ3n) is 5.37. The van der Waals surface area contributed by atoms with Gasteiger partial charge in [0.1, 0.15) is 0 Å². The van der Waals surface area contributed by atoms with Gasteiger partial charge in [0, 0.05) is 13.0 Å². The van der Waals surface area contributed by atoms with Crippen LogP contribution < -0.4 is 10.6 Å². The highest BCUT2D eigenvalue weighted by Crippen LogP contribution is 2.25. The number of carbonyl (C=O) groups is 3. The van der Waals surface area contributed by atoms with E-state index in [1.807, 2.05) is 44.2 Å². The summed E-state index contributed by atoms with van der Waals surface area (Å²) in [5, 5.41) is 5.57. The Hall–Kier alpha value is -3.35. The summed E-state index contributed by atoms with van der Waals surface area (Å²) in [5.74, 6) is -0.468. The minimum atomic E-state index is -0.469. The van der Waals surface area contributed by atoms with Crippen molar-refractivity contribution in [1.29, 1.82) is 0 Å². The van der Waals surface area contributed by atoms with Gasteiger partial charge in [-0.25, -0.2) is 9.59 Å². The molecule has 0 saturated carbocycles. The molecule has 3 rings (SSSR count). The van der Waals surface area contributed by atoms with Crippen molar-refractivity contribution in [3.8, 4) is 0 Å². The third-order valence-corrected chi connectivity index (χ3v) is 5.37. The fourth-order valence-electron chi connectivity index (χ4n) is 3.61. The number of likely N-dealkylation sites (tertiary alicyclic amines) is 1. The molecule has 0 aliphatic carbocycles. The van der Waals surface area contributed by atoms with E-state index in [0.29, 0.717) is 24.4 Å². The number of para-hydroxylation sites is 1. The van der Waals surface area contributed by atoms with E-state index < -0.39 is 12.0 Å². The molecule has 2 atom stereocenters. The molecule has 1 heterocycles. The molecule has 164 valence electrons. The number of urea groups is 1. The van der Waals surface area contributed by atoms with Crippen molar-refractivity contribution in [2.24, 2.45) is 0 Å². The quantitative estimate of drug-likeness (QED) is 0.494. The van der Waals surface area contributed by atoms with Gasteiger partial charge in [0.15, 0.2) is 0 Å². The summed E-state index contributed by atoms with van der Waals surface area (Å²) in [6, 6.07) is 15.7. The van der Waals surface area contributed by atoms with Crippen LogP contribution in [0.2, 0.25) is 0 Å². The lowest BCUT2D eigenvalue weighted by Crippen LogP contribution is -2.40. The molecule has 0 aromatic heterocycles. The van der Waals surface area contributed by atoms with E-state index in [0.717, 1.165) is 18.4 Å². The lowest BCUT2D eigenvalue weighted by Gasteiger charge is -2.25. The number of anilines is 1. The van der Waals surface area contributed by atoms with Crippen molar-refractivity contribution in [3.63, 3.8) is 0 Å². The van der Waals surface area contributed by atoms with Crippen LogP contribution in [0.15, 0.2) is 54.6 Å². The van der Waals surface area contributed by atoms with Gasteiger partial charge in [-0.1, -0.05) is 55.8 Å². The van der Waals surface area contributed by atoms with Crippen molar-refractivity contribution in [1.82, 2.24) is 10.2 Å². The van der Waals surface area contributed by atoms with Gasteiger partial charge in [0.2, 0.25) is 5.91 Å². The van der Waals surface area contributed by atoms with Crippen molar-refractivity contribution in [2.45, 2.75) is 45.2 Å². The molecular weight excluding hydrogens is 394 g/mol. The van der Waals surface area contributed by atoms with Gasteiger partial charge in [-0.15, -0.1) is 0 Å². The molecule has 1 aliphatic rings. The second-order valence-corrected chi connectivity index (χ2v) is 7.67. The highest BCUT2D eigenvalue weighted by molar-refractivity contribution is 6.01. The molecule has 31 heavy (non-hydrogen) atoms. The molecule has 0 spiro atoms. The maximum absolute atomic E-state index is 12.6. The molecule has 3 amide bonds. The van der Waals surface area contributed by atoms with Gasteiger partial charge in [0.25, 0.3) is 0 Å². The highest BCUT2D eigenvalue weighted by Gasteiger charge is 2.34. The predicted molar refractivity (Wildman–Crippen MR) is 119 cm³/mol. The van der Waals surface area contributed by atoms with Crippen LogP contribution in [0.25, 0.3) is 0 Å². The van der Waals surface area contributed by atoms with E-state index >= 15 is 0 Å². The molecular formula is C24H29N3O4. The molecule has 2 unspecified atom stereocenters. The Balaban J connectivity index is 1.58. The second-order valence-electron chi connectivity index (χ2n) is 7.67. The first-order valence-electron chi connectivity index (χ1n) is 10.7. The van der Waals surface area contributed by atoms with E-state index in [2.05, 4.69) is 10.6 Å². The summed E-state index contributed by atoms with van der Waals surface area (Å²) in [6.45, 7) is 4.78. The number of hydrogen-bond donors (Lipinski definition) is 2. The largest absolute Gasteiger partial charge is 0.462 e. The standard InChI is InChI=1S/C24H29N3O4/c1-3-4-14-31-23(29)20-12-8-9-13-21(20)26-24(30)25-19-15-22(28)27(16-19)17(2)18-10-6-5-7-11-18/h5-13,17,19H,3-4,14-16H2,1-2H3,(H2,25,26,30). The van der Waals surface area contributed by atoms with Crippen LogP contribution in [-0.2, 0) is 9.53 Å². The molecule has 2 aromatic rings. The normalized spacial score (nSPS) is 16.6. The topological polar surface area (TPSA) is 87.7 Å². The first kappa shape index (κ1) is 22.3. The summed E-state index contributed by atoms with van der Waals surface area (Å²) in [4.78, 5) is 39.1. The van der Waals surface area contributed by atoms with Gasteiger partial charge < -0.3 is 20.3 Å². The zero-order valence-corrected chi connectivity index (χ0v) is 18.0. The van der Waals surface area contributed by atoms with E-state index in [4.69, 9.17) is 4.74 Å². The number of amides is 3. The Bertz CT molecular complexity index is 916. The molecule has 0 bridgehead atoms. The smallest absolute Gasteiger partial charge is 0.340 e. The molecule has 7 nitrogen and oxygen atoms in total. The Morgan fingerprint density at radius 3 is 2.58 bits per heavy atom. The minimum absolute atomic E-state index is 0.00144. The van der Waals surface area contributed by atoms with Crippen molar-refractivity contribution in [2.75, 3.05) is 18.5 Å². The fourth-order valence-corrected chi connectivity index (χ4v) is 3.61. The molecule has 2 aromatic carbocycles. The number of rotatable bonds is 8. The van der Waals surface area contributed by atoms with Gasteiger partial charge in [-0.05, 0) is 31.0 Å². The second kappa shape index (κ2) is 10.6. The Morgan fingerprint density at radius 1 is 1.13 bits per heavy atom. The van der Waals surface area contributed by atoms with E-state index in [-0.39, 0.29) is 24.4 Å². The summed E-state index contributed by atoms with van der Waals surface area (Å²) in [6.07, 6.45) is 1.95. The number of ether oxygens (including phenoxy) is 1. The molecule has 0 radical (unpaired) electrons.